The number of benzene rings is 1. The van der Waals surface area contributed by atoms with Gasteiger partial charge in [0.2, 0.25) is 0 Å². The van der Waals surface area contributed by atoms with E-state index in [-0.39, 0.29) is 18.2 Å². The molecule has 2 aromatic heterocycles. The highest BCUT2D eigenvalue weighted by Gasteiger charge is 2.28. The second-order valence-electron chi connectivity index (χ2n) is 9.27. The highest BCUT2D eigenvalue weighted by Crippen LogP contribution is 2.38. The molecule has 0 aliphatic carbocycles. The van der Waals surface area contributed by atoms with Gasteiger partial charge in [0.15, 0.2) is 9.84 Å². The molecule has 180 valence electrons. The van der Waals surface area contributed by atoms with Gasteiger partial charge >= 0.3 is 6.09 Å². The van der Waals surface area contributed by atoms with E-state index in [1.165, 1.54) is 6.26 Å². The Morgan fingerprint density at radius 1 is 1.12 bits per heavy atom. The Hall–Kier alpha value is -3.14. The number of rotatable bonds is 4. The largest absolute Gasteiger partial charge is 0.447 e. The minimum Gasteiger partial charge on any atom is -0.447 e. The predicted octanol–water partition coefficient (Wildman–Crippen LogP) is 3.71. The number of sulfone groups is 1. The summed E-state index contributed by atoms with van der Waals surface area (Å²) in [6.07, 6.45) is 6.93. The fourth-order valence-corrected chi connectivity index (χ4v) is 5.57. The maximum Gasteiger partial charge on any atom is 0.410 e. The van der Waals surface area contributed by atoms with Crippen molar-refractivity contribution in [3.8, 4) is 0 Å². The number of aromatic nitrogens is 3. The summed E-state index contributed by atoms with van der Waals surface area (Å²) in [5.41, 5.74) is 2.86. The summed E-state index contributed by atoms with van der Waals surface area (Å²) in [4.78, 5) is 25.7. The number of likely N-dealkylation sites (tertiary alicyclic amines) is 1. The molecule has 3 aromatic rings. The minimum absolute atomic E-state index is 0.123. The Bertz CT molecular complexity index is 1340. The minimum atomic E-state index is -3.25. The van der Waals surface area contributed by atoms with Crippen molar-refractivity contribution in [1.29, 1.82) is 0 Å². The van der Waals surface area contributed by atoms with E-state index in [0.29, 0.717) is 18.0 Å². The summed E-state index contributed by atoms with van der Waals surface area (Å²) in [6, 6.07) is 7.59. The predicted molar refractivity (Wildman–Crippen MR) is 129 cm³/mol. The highest BCUT2D eigenvalue weighted by atomic mass is 32.2. The van der Waals surface area contributed by atoms with E-state index in [4.69, 9.17) is 4.74 Å². The van der Waals surface area contributed by atoms with Crippen molar-refractivity contribution in [2.75, 3.05) is 30.8 Å². The van der Waals surface area contributed by atoms with Gasteiger partial charge in [0, 0.05) is 43.8 Å². The quantitative estimate of drug-likeness (QED) is 0.558. The van der Waals surface area contributed by atoms with Crippen LogP contribution in [0, 0.1) is 0 Å². The van der Waals surface area contributed by atoms with Crippen LogP contribution in [0.25, 0.3) is 11.0 Å². The van der Waals surface area contributed by atoms with Crippen molar-refractivity contribution in [2.24, 2.45) is 0 Å². The molecule has 1 aromatic carbocycles. The molecule has 0 radical (unpaired) electrons. The molecule has 9 nitrogen and oxygen atoms in total. The molecule has 34 heavy (non-hydrogen) atoms. The van der Waals surface area contributed by atoms with E-state index in [1.807, 2.05) is 26.0 Å². The van der Waals surface area contributed by atoms with Crippen LogP contribution in [-0.4, -0.2) is 65.9 Å². The van der Waals surface area contributed by atoms with Gasteiger partial charge in [0.1, 0.15) is 17.8 Å². The van der Waals surface area contributed by atoms with Crippen LogP contribution in [0.5, 0.6) is 0 Å². The van der Waals surface area contributed by atoms with E-state index in [2.05, 4.69) is 25.6 Å². The first-order chi connectivity index (χ1) is 16.2. The lowest BCUT2D eigenvalue weighted by Gasteiger charge is -2.32. The fourth-order valence-electron chi connectivity index (χ4n) is 4.90. The first-order valence-electron chi connectivity index (χ1n) is 11.6. The van der Waals surface area contributed by atoms with Crippen LogP contribution in [0.1, 0.15) is 38.3 Å². The van der Waals surface area contributed by atoms with Gasteiger partial charge in [0.25, 0.3) is 0 Å². The molecule has 10 heteroatoms. The maximum absolute atomic E-state index is 12.2. The zero-order valence-electron chi connectivity index (χ0n) is 19.6. The summed E-state index contributed by atoms with van der Waals surface area (Å²) >= 11 is 0. The molecule has 0 bridgehead atoms. The second-order valence-corrected chi connectivity index (χ2v) is 11.3. The van der Waals surface area contributed by atoms with Crippen molar-refractivity contribution in [3.63, 3.8) is 0 Å². The van der Waals surface area contributed by atoms with E-state index in [9.17, 15) is 13.2 Å². The Kier molecular flexibility index (Phi) is 5.71. The van der Waals surface area contributed by atoms with Gasteiger partial charge in [-0.1, -0.05) is 0 Å². The molecule has 2 aliphatic rings. The van der Waals surface area contributed by atoms with E-state index < -0.39 is 9.84 Å². The van der Waals surface area contributed by atoms with Crippen molar-refractivity contribution in [1.82, 2.24) is 19.4 Å². The molecular formula is C24H29N5O4S. The van der Waals surface area contributed by atoms with Crippen molar-refractivity contribution in [2.45, 2.75) is 50.2 Å². The molecule has 1 saturated heterocycles. The van der Waals surface area contributed by atoms with E-state index in [1.54, 1.807) is 23.4 Å². The van der Waals surface area contributed by atoms with Crippen LogP contribution >= 0.6 is 0 Å². The van der Waals surface area contributed by atoms with Crippen LogP contribution in [0.3, 0.4) is 0 Å². The second kappa shape index (κ2) is 8.57. The van der Waals surface area contributed by atoms with Crippen LogP contribution < -0.4 is 4.90 Å². The van der Waals surface area contributed by atoms with Gasteiger partial charge in [-0.05, 0) is 62.9 Å². The van der Waals surface area contributed by atoms with Gasteiger partial charge < -0.3 is 19.1 Å². The molecule has 1 amide bonds. The van der Waals surface area contributed by atoms with Crippen molar-refractivity contribution < 1.29 is 17.9 Å². The topological polar surface area (TPSA) is 97.6 Å². The molecule has 2 aliphatic heterocycles. The molecule has 0 unspecified atom stereocenters. The smallest absolute Gasteiger partial charge is 0.410 e. The third kappa shape index (κ3) is 4.11. The molecular weight excluding hydrogens is 454 g/mol. The molecule has 4 heterocycles. The number of anilines is 2. The lowest BCUT2D eigenvalue weighted by molar-refractivity contribution is 0.0663. The Labute approximate surface area is 199 Å². The molecule has 0 N–H and O–H groups in total. The summed E-state index contributed by atoms with van der Waals surface area (Å²) in [5.74, 6) is 0.826. The van der Waals surface area contributed by atoms with Crippen LogP contribution in [-0.2, 0) is 21.0 Å². The lowest BCUT2D eigenvalue weighted by Crippen LogP contribution is -2.40. The number of fused-ring (bicyclic) bond motifs is 2. The van der Waals surface area contributed by atoms with Crippen LogP contribution in [0.15, 0.2) is 41.7 Å². The number of nitrogens with zero attached hydrogens (tertiary/aromatic N) is 5. The first-order valence-corrected chi connectivity index (χ1v) is 13.5. The lowest BCUT2D eigenvalue weighted by atomic mass is 10.1. The average Bonchev–Trinajstić information content (AvgIpc) is 3.42. The average molecular weight is 484 g/mol. The Morgan fingerprint density at radius 3 is 2.59 bits per heavy atom. The van der Waals surface area contributed by atoms with Gasteiger partial charge in [-0.25, -0.2) is 23.2 Å². The third-order valence-corrected chi connectivity index (χ3v) is 7.68. The van der Waals surface area contributed by atoms with Gasteiger partial charge in [-0.2, -0.15) is 0 Å². The fraction of sp³-hybridized carbons (Fsp3) is 0.458. The summed E-state index contributed by atoms with van der Waals surface area (Å²) < 4.78 is 31.4. The van der Waals surface area contributed by atoms with Crippen molar-refractivity contribution in [3.05, 3.63) is 42.4 Å². The third-order valence-electron chi connectivity index (χ3n) is 6.57. The number of carbonyl (C=O) groups excluding carboxylic acids is 1. The van der Waals surface area contributed by atoms with Crippen LogP contribution in [0.4, 0.5) is 16.3 Å². The van der Waals surface area contributed by atoms with E-state index in [0.717, 1.165) is 53.9 Å². The van der Waals surface area contributed by atoms with Crippen molar-refractivity contribution >= 4 is 38.5 Å². The summed E-state index contributed by atoms with van der Waals surface area (Å²) in [5, 5.41) is 0.962. The number of carbonyl (C=O) groups is 1. The first kappa shape index (κ1) is 22.6. The number of amides is 1. The van der Waals surface area contributed by atoms with E-state index >= 15 is 0 Å². The standard InChI is InChI=1S/C24H29N5O4S/c1-16(2)33-24(30)27-10-7-18(8-11-27)28-13-9-20-22(28)25-15-26-23(20)29-12-6-17-14-19(34(3,31)32)4-5-21(17)29/h4-5,9,13-16,18H,6-8,10-12H2,1-3H3. The normalized spacial score (nSPS) is 16.9. The molecule has 0 atom stereocenters. The van der Waals surface area contributed by atoms with Gasteiger partial charge in [0.05, 0.1) is 16.4 Å². The molecule has 0 spiro atoms. The Balaban J connectivity index is 1.39. The zero-order valence-corrected chi connectivity index (χ0v) is 20.5. The van der Waals surface area contributed by atoms with Gasteiger partial charge in [-0.3, -0.25) is 0 Å². The van der Waals surface area contributed by atoms with Crippen LogP contribution in [0.2, 0.25) is 0 Å². The van der Waals surface area contributed by atoms with Gasteiger partial charge in [-0.15, -0.1) is 0 Å². The number of hydrogen-bond donors (Lipinski definition) is 0. The highest BCUT2D eigenvalue weighted by molar-refractivity contribution is 7.90. The number of hydrogen-bond acceptors (Lipinski definition) is 7. The molecule has 5 rings (SSSR count). The number of piperidine rings is 1. The molecule has 0 saturated carbocycles. The zero-order chi connectivity index (χ0) is 24.0. The molecule has 1 fully saturated rings. The summed E-state index contributed by atoms with van der Waals surface area (Å²) in [6.45, 7) is 5.75. The maximum atomic E-state index is 12.2. The monoisotopic (exact) mass is 483 g/mol. The number of ether oxygens (including phenoxy) is 1. The SMILES string of the molecule is CC(C)OC(=O)N1CCC(n2ccc3c(N4CCc5cc(S(C)(=O)=O)ccc54)ncnc32)CC1. The Morgan fingerprint density at radius 2 is 1.88 bits per heavy atom. The summed E-state index contributed by atoms with van der Waals surface area (Å²) in [7, 11) is -3.25.